The molecule has 2 aromatic heterocycles. The highest BCUT2D eigenvalue weighted by Crippen LogP contribution is 2.43. The van der Waals surface area contributed by atoms with Crippen LogP contribution in [0.4, 0.5) is 0 Å². The second-order valence-corrected chi connectivity index (χ2v) is 8.77. The SMILES string of the molecule is CCCCOc1ccc([C@H]2C(C(=O)c3cccs3)=C(O)C(=O)N2Cc2ccco2)cc1OCC. The lowest BCUT2D eigenvalue weighted by Gasteiger charge is -2.26. The summed E-state index contributed by atoms with van der Waals surface area (Å²) in [5, 5.41) is 12.6. The van der Waals surface area contributed by atoms with E-state index in [2.05, 4.69) is 6.92 Å². The number of rotatable bonds is 11. The van der Waals surface area contributed by atoms with Crippen LogP contribution >= 0.6 is 11.3 Å². The predicted molar refractivity (Wildman–Crippen MR) is 128 cm³/mol. The van der Waals surface area contributed by atoms with Crippen molar-refractivity contribution >= 4 is 23.0 Å². The average molecular weight is 482 g/mol. The molecular weight excluding hydrogens is 454 g/mol. The van der Waals surface area contributed by atoms with E-state index in [1.54, 1.807) is 47.8 Å². The molecule has 0 saturated heterocycles. The number of ketones is 1. The summed E-state index contributed by atoms with van der Waals surface area (Å²) in [6.45, 7) is 5.05. The molecule has 1 aliphatic heterocycles. The van der Waals surface area contributed by atoms with E-state index in [-0.39, 0.29) is 17.9 Å². The Labute approximate surface area is 202 Å². The molecule has 0 unspecified atom stereocenters. The molecule has 0 radical (unpaired) electrons. The zero-order chi connectivity index (χ0) is 24.1. The number of hydrogen-bond donors (Lipinski definition) is 1. The quantitative estimate of drug-likeness (QED) is 0.279. The lowest BCUT2D eigenvalue weighted by Crippen LogP contribution is -2.30. The van der Waals surface area contributed by atoms with Crippen LogP contribution in [-0.2, 0) is 11.3 Å². The van der Waals surface area contributed by atoms with Crippen LogP contribution in [0.1, 0.15) is 53.7 Å². The van der Waals surface area contributed by atoms with Gasteiger partial charge in [0.2, 0.25) is 5.78 Å². The monoisotopic (exact) mass is 481 g/mol. The zero-order valence-electron chi connectivity index (χ0n) is 19.2. The minimum atomic E-state index is -0.809. The van der Waals surface area contributed by atoms with Crippen molar-refractivity contribution in [1.29, 1.82) is 0 Å². The lowest BCUT2D eigenvalue weighted by molar-refractivity contribution is -0.130. The molecule has 1 aromatic carbocycles. The van der Waals surface area contributed by atoms with Crippen LogP contribution in [-0.4, -0.2) is 34.9 Å². The maximum atomic E-state index is 13.4. The summed E-state index contributed by atoms with van der Waals surface area (Å²) in [5.41, 5.74) is 0.677. The number of carbonyl (C=O) groups is 2. The number of Topliss-reactive ketones (excluding diaryl/α,β-unsaturated/α-hetero) is 1. The number of aliphatic hydroxyl groups is 1. The van der Waals surface area contributed by atoms with Crippen LogP contribution in [0.25, 0.3) is 0 Å². The molecule has 1 atom stereocenters. The number of ether oxygens (including phenoxy) is 2. The molecule has 0 saturated carbocycles. The highest BCUT2D eigenvalue weighted by atomic mass is 32.1. The van der Waals surface area contributed by atoms with Crippen LogP contribution in [0, 0.1) is 0 Å². The van der Waals surface area contributed by atoms with Crippen LogP contribution in [0.3, 0.4) is 0 Å². The maximum Gasteiger partial charge on any atom is 0.290 e. The standard InChI is InChI=1S/C26H27NO6S/c1-3-5-12-33-19-11-10-17(15-20(19)31-4-2)23-22(24(28)21-9-7-14-34-21)25(29)26(30)27(23)16-18-8-6-13-32-18/h6-11,13-15,23,29H,3-5,12,16H2,1-2H3/t23-/m0/s1. The number of hydrogen-bond acceptors (Lipinski definition) is 7. The van der Waals surface area contributed by atoms with E-state index in [4.69, 9.17) is 13.9 Å². The van der Waals surface area contributed by atoms with Gasteiger partial charge in [-0.25, -0.2) is 0 Å². The molecule has 0 fully saturated rings. The average Bonchev–Trinajstić information content (AvgIpc) is 3.59. The lowest BCUT2D eigenvalue weighted by atomic mass is 9.95. The van der Waals surface area contributed by atoms with Gasteiger partial charge in [-0.15, -0.1) is 11.3 Å². The molecule has 3 aromatic rings. The molecular formula is C26H27NO6S. The highest BCUT2D eigenvalue weighted by molar-refractivity contribution is 7.12. The van der Waals surface area contributed by atoms with Crippen LogP contribution < -0.4 is 9.47 Å². The van der Waals surface area contributed by atoms with E-state index in [9.17, 15) is 14.7 Å². The highest BCUT2D eigenvalue weighted by Gasteiger charge is 2.44. The predicted octanol–water partition coefficient (Wildman–Crippen LogP) is 5.70. The van der Waals surface area contributed by atoms with E-state index < -0.39 is 17.7 Å². The van der Waals surface area contributed by atoms with Gasteiger partial charge in [-0.05, 0) is 54.6 Å². The number of amides is 1. The van der Waals surface area contributed by atoms with Crippen molar-refractivity contribution in [2.45, 2.75) is 39.3 Å². The van der Waals surface area contributed by atoms with Crippen LogP contribution in [0.5, 0.6) is 11.5 Å². The Morgan fingerprint density at radius 1 is 1.15 bits per heavy atom. The van der Waals surface area contributed by atoms with Gasteiger partial charge in [-0.3, -0.25) is 9.59 Å². The van der Waals surface area contributed by atoms with E-state index in [1.807, 2.05) is 6.92 Å². The maximum absolute atomic E-state index is 13.4. The molecule has 0 bridgehead atoms. The Balaban J connectivity index is 1.76. The van der Waals surface area contributed by atoms with Crippen LogP contribution in [0.2, 0.25) is 0 Å². The third-order valence-corrected chi connectivity index (χ3v) is 6.41. The van der Waals surface area contributed by atoms with E-state index in [1.165, 1.54) is 22.5 Å². The number of furan rings is 1. The molecule has 4 rings (SSSR count). The molecule has 8 heteroatoms. The first kappa shape index (κ1) is 23.6. The molecule has 1 aliphatic rings. The topological polar surface area (TPSA) is 89.2 Å². The molecule has 1 N–H and O–H groups in total. The van der Waals surface area contributed by atoms with Gasteiger partial charge in [-0.2, -0.15) is 0 Å². The molecule has 7 nitrogen and oxygen atoms in total. The van der Waals surface area contributed by atoms with Gasteiger partial charge >= 0.3 is 0 Å². The Bertz CT molecular complexity index is 1170. The van der Waals surface area contributed by atoms with Gasteiger partial charge in [0.15, 0.2) is 17.3 Å². The number of aliphatic hydroxyl groups excluding tert-OH is 1. The molecule has 3 heterocycles. The first-order chi connectivity index (χ1) is 16.5. The molecule has 0 spiro atoms. The first-order valence-corrected chi connectivity index (χ1v) is 12.2. The minimum Gasteiger partial charge on any atom is -0.503 e. The van der Waals surface area contributed by atoms with Crippen molar-refractivity contribution in [3.63, 3.8) is 0 Å². The van der Waals surface area contributed by atoms with Crippen molar-refractivity contribution < 1.29 is 28.6 Å². The Morgan fingerprint density at radius 2 is 2.00 bits per heavy atom. The van der Waals surface area contributed by atoms with Gasteiger partial charge in [-0.1, -0.05) is 25.5 Å². The van der Waals surface area contributed by atoms with Gasteiger partial charge in [0, 0.05) is 0 Å². The van der Waals surface area contributed by atoms with Gasteiger partial charge < -0.3 is 23.9 Å². The number of unbranched alkanes of at least 4 members (excludes halogenated alkanes) is 1. The Morgan fingerprint density at radius 3 is 2.68 bits per heavy atom. The summed E-state index contributed by atoms with van der Waals surface area (Å²) < 4.78 is 17.2. The number of thiophene rings is 1. The summed E-state index contributed by atoms with van der Waals surface area (Å²) in [6, 6.07) is 11.5. The van der Waals surface area contributed by atoms with E-state index >= 15 is 0 Å². The minimum absolute atomic E-state index is 0.0427. The van der Waals surface area contributed by atoms with Crippen molar-refractivity contribution in [3.05, 3.63) is 81.6 Å². The van der Waals surface area contributed by atoms with Crippen LogP contribution in [0.15, 0.2) is 69.9 Å². The summed E-state index contributed by atoms with van der Waals surface area (Å²) >= 11 is 1.26. The summed E-state index contributed by atoms with van der Waals surface area (Å²) in [4.78, 5) is 28.4. The molecule has 34 heavy (non-hydrogen) atoms. The normalized spacial score (nSPS) is 15.8. The van der Waals surface area contributed by atoms with Crippen molar-refractivity contribution in [2.75, 3.05) is 13.2 Å². The fraction of sp³-hybridized carbons (Fsp3) is 0.308. The third-order valence-electron chi connectivity index (χ3n) is 5.54. The van der Waals surface area contributed by atoms with Crippen molar-refractivity contribution in [1.82, 2.24) is 4.90 Å². The summed E-state index contributed by atoms with van der Waals surface area (Å²) in [5.74, 6) is 0.115. The van der Waals surface area contributed by atoms with Crippen molar-refractivity contribution in [2.24, 2.45) is 0 Å². The largest absolute Gasteiger partial charge is 0.503 e. The third kappa shape index (κ3) is 4.72. The number of carbonyl (C=O) groups excluding carboxylic acids is 2. The van der Waals surface area contributed by atoms with Gasteiger partial charge in [0.25, 0.3) is 5.91 Å². The van der Waals surface area contributed by atoms with Crippen molar-refractivity contribution in [3.8, 4) is 11.5 Å². The summed E-state index contributed by atoms with van der Waals surface area (Å²) in [7, 11) is 0. The number of benzene rings is 1. The second kappa shape index (κ2) is 10.6. The van der Waals surface area contributed by atoms with E-state index in [0.717, 1.165) is 12.8 Å². The van der Waals surface area contributed by atoms with E-state index in [0.29, 0.717) is 40.9 Å². The number of nitrogens with zero attached hydrogens (tertiary/aromatic N) is 1. The molecule has 178 valence electrons. The molecule has 1 amide bonds. The smallest absolute Gasteiger partial charge is 0.290 e. The fourth-order valence-corrected chi connectivity index (χ4v) is 4.59. The van der Waals surface area contributed by atoms with Gasteiger partial charge in [0.1, 0.15) is 5.76 Å². The fourth-order valence-electron chi connectivity index (χ4n) is 3.91. The summed E-state index contributed by atoms with van der Waals surface area (Å²) in [6.07, 6.45) is 3.44. The van der Waals surface area contributed by atoms with Gasteiger partial charge in [0.05, 0.1) is 42.5 Å². The Kier molecular flexibility index (Phi) is 7.37. The Hall–Kier alpha value is -3.52. The second-order valence-electron chi connectivity index (χ2n) is 7.82. The molecule has 0 aliphatic carbocycles. The zero-order valence-corrected chi connectivity index (χ0v) is 20.0. The first-order valence-electron chi connectivity index (χ1n) is 11.3.